The normalized spacial score (nSPS) is 15.1. The topological polar surface area (TPSA) is 23.8 Å². The smallest absolute Gasteiger partial charge is 0.0621 e. The standard InChI is InChI=1S/C13H15N/c14-8-4-3-5-11-9-12-6-1-2-7-13(12)10-11/h1-2,6-7,11H,3-5,9-10H2. The van der Waals surface area contributed by atoms with Crippen LogP contribution >= 0.6 is 0 Å². The number of benzene rings is 1. The maximum atomic E-state index is 8.46. The average molecular weight is 185 g/mol. The molecule has 0 atom stereocenters. The van der Waals surface area contributed by atoms with Crippen molar-refractivity contribution < 1.29 is 0 Å². The summed E-state index contributed by atoms with van der Waals surface area (Å²) < 4.78 is 0. The fourth-order valence-corrected chi connectivity index (χ4v) is 2.32. The van der Waals surface area contributed by atoms with Crippen molar-refractivity contribution in [1.29, 1.82) is 5.26 Å². The lowest BCUT2D eigenvalue weighted by atomic mass is 9.99. The van der Waals surface area contributed by atoms with Gasteiger partial charge in [-0.2, -0.15) is 5.26 Å². The van der Waals surface area contributed by atoms with Gasteiger partial charge < -0.3 is 0 Å². The zero-order chi connectivity index (χ0) is 9.80. The van der Waals surface area contributed by atoms with Crippen LogP contribution in [0.4, 0.5) is 0 Å². The number of nitriles is 1. The van der Waals surface area contributed by atoms with E-state index in [9.17, 15) is 0 Å². The van der Waals surface area contributed by atoms with Gasteiger partial charge in [-0.25, -0.2) is 0 Å². The summed E-state index contributed by atoms with van der Waals surface area (Å²) in [5.74, 6) is 0.792. The fourth-order valence-electron chi connectivity index (χ4n) is 2.32. The Labute approximate surface area is 85.4 Å². The maximum Gasteiger partial charge on any atom is 0.0621 e. The molecule has 1 aromatic carbocycles. The quantitative estimate of drug-likeness (QED) is 0.664. The molecule has 14 heavy (non-hydrogen) atoms. The highest BCUT2D eigenvalue weighted by molar-refractivity contribution is 5.31. The van der Waals surface area contributed by atoms with Crippen LogP contribution in [0.5, 0.6) is 0 Å². The monoisotopic (exact) mass is 185 g/mol. The van der Waals surface area contributed by atoms with Gasteiger partial charge in [-0.1, -0.05) is 24.3 Å². The number of hydrogen-bond acceptors (Lipinski definition) is 1. The molecule has 0 heterocycles. The lowest BCUT2D eigenvalue weighted by molar-refractivity contribution is 0.497. The third kappa shape index (κ3) is 1.96. The van der Waals surface area contributed by atoms with Crippen molar-refractivity contribution in [3.05, 3.63) is 35.4 Å². The van der Waals surface area contributed by atoms with Gasteiger partial charge >= 0.3 is 0 Å². The molecule has 1 nitrogen and oxygen atoms in total. The SMILES string of the molecule is N#CCCCC1Cc2ccccc2C1. The van der Waals surface area contributed by atoms with Gasteiger partial charge in [0.25, 0.3) is 0 Å². The van der Waals surface area contributed by atoms with Crippen LogP contribution in [-0.2, 0) is 12.8 Å². The minimum Gasteiger partial charge on any atom is -0.198 e. The van der Waals surface area contributed by atoms with Crippen LogP contribution in [-0.4, -0.2) is 0 Å². The molecule has 1 aromatic rings. The van der Waals surface area contributed by atoms with E-state index in [1.807, 2.05) is 0 Å². The minimum absolute atomic E-state index is 0.715. The van der Waals surface area contributed by atoms with Crippen molar-refractivity contribution in [3.63, 3.8) is 0 Å². The van der Waals surface area contributed by atoms with Crippen LogP contribution in [0.3, 0.4) is 0 Å². The first-order chi connectivity index (χ1) is 6.90. The molecule has 1 heteroatoms. The van der Waals surface area contributed by atoms with Crippen LogP contribution in [0, 0.1) is 17.2 Å². The van der Waals surface area contributed by atoms with Crippen molar-refractivity contribution >= 4 is 0 Å². The number of rotatable bonds is 3. The van der Waals surface area contributed by atoms with E-state index >= 15 is 0 Å². The first-order valence-corrected chi connectivity index (χ1v) is 5.34. The summed E-state index contributed by atoms with van der Waals surface area (Å²) in [5.41, 5.74) is 3.05. The number of fused-ring (bicyclic) bond motifs is 1. The molecule has 1 aliphatic carbocycles. The third-order valence-electron chi connectivity index (χ3n) is 3.04. The molecule has 0 spiro atoms. The molecule has 0 aromatic heterocycles. The Morgan fingerprint density at radius 3 is 2.43 bits per heavy atom. The molecule has 0 N–H and O–H groups in total. The molecule has 1 aliphatic rings. The molecule has 0 amide bonds. The van der Waals surface area contributed by atoms with Gasteiger partial charge in [0.15, 0.2) is 0 Å². The van der Waals surface area contributed by atoms with E-state index in [1.165, 1.54) is 30.4 Å². The molecule has 0 fully saturated rings. The molecule has 72 valence electrons. The van der Waals surface area contributed by atoms with Gasteiger partial charge in [-0.05, 0) is 42.7 Å². The summed E-state index contributed by atoms with van der Waals surface area (Å²) in [6.07, 6.45) is 5.44. The molecule has 0 saturated carbocycles. The Kier molecular flexibility index (Phi) is 2.84. The largest absolute Gasteiger partial charge is 0.198 e. The van der Waals surface area contributed by atoms with E-state index in [0.717, 1.165) is 12.3 Å². The minimum atomic E-state index is 0.715. The molecule has 0 saturated heterocycles. The van der Waals surface area contributed by atoms with Crippen molar-refractivity contribution in [2.45, 2.75) is 32.1 Å². The Bertz CT molecular complexity index is 323. The molecule has 0 radical (unpaired) electrons. The predicted molar refractivity (Wildman–Crippen MR) is 56.8 cm³/mol. The van der Waals surface area contributed by atoms with E-state index in [2.05, 4.69) is 30.3 Å². The van der Waals surface area contributed by atoms with Crippen molar-refractivity contribution in [1.82, 2.24) is 0 Å². The van der Waals surface area contributed by atoms with Crippen LogP contribution in [0.1, 0.15) is 30.4 Å². The van der Waals surface area contributed by atoms with E-state index < -0.39 is 0 Å². The predicted octanol–water partition coefficient (Wildman–Crippen LogP) is 3.10. The van der Waals surface area contributed by atoms with Crippen LogP contribution in [0.25, 0.3) is 0 Å². The first-order valence-electron chi connectivity index (χ1n) is 5.34. The second-order valence-electron chi connectivity index (χ2n) is 4.09. The molecular weight excluding hydrogens is 170 g/mol. The second-order valence-corrected chi connectivity index (χ2v) is 4.09. The summed E-state index contributed by atoms with van der Waals surface area (Å²) in [6.45, 7) is 0. The summed E-state index contributed by atoms with van der Waals surface area (Å²) in [7, 11) is 0. The number of hydrogen-bond donors (Lipinski definition) is 0. The Morgan fingerprint density at radius 2 is 1.86 bits per heavy atom. The van der Waals surface area contributed by atoms with E-state index in [1.54, 1.807) is 0 Å². The van der Waals surface area contributed by atoms with Crippen LogP contribution in [0.15, 0.2) is 24.3 Å². The molecule has 0 aliphatic heterocycles. The van der Waals surface area contributed by atoms with Crippen molar-refractivity contribution in [2.24, 2.45) is 5.92 Å². The summed E-state index contributed by atoms with van der Waals surface area (Å²) in [6, 6.07) is 10.9. The maximum absolute atomic E-state index is 8.46. The third-order valence-corrected chi connectivity index (χ3v) is 3.04. The first kappa shape index (κ1) is 9.27. The lowest BCUT2D eigenvalue weighted by Crippen LogP contribution is -1.98. The molecule has 0 unspecified atom stereocenters. The number of unbranched alkanes of at least 4 members (excludes halogenated alkanes) is 1. The van der Waals surface area contributed by atoms with Crippen LogP contribution in [0.2, 0.25) is 0 Å². The van der Waals surface area contributed by atoms with Gasteiger partial charge in [0, 0.05) is 6.42 Å². The molecular formula is C13H15N. The van der Waals surface area contributed by atoms with Crippen LogP contribution < -0.4 is 0 Å². The summed E-state index contributed by atoms with van der Waals surface area (Å²) in [4.78, 5) is 0. The Hall–Kier alpha value is -1.29. The van der Waals surface area contributed by atoms with E-state index in [-0.39, 0.29) is 0 Å². The summed E-state index contributed by atoms with van der Waals surface area (Å²) >= 11 is 0. The summed E-state index contributed by atoms with van der Waals surface area (Å²) in [5, 5.41) is 8.46. The van der Waals surface area contributed by atoms with E-state index in [4.69, 9.17) is 5.26 Å². The van der Waals surface area contributed by atoms with Crippen molar-refractivity contribution in [2.75, 3.05) is 0 Å². The Morgan fingerprint density at radius 1 is 1.21 bits per heavy atom. The van der Waals surface area contributed by atoms with Gasteiger partial charge in [0.2, 0.25) is 0 Å². The van der Waals surface area contributed by atoms with Gasteiger partial charge in [-0.3, -0.25) is 0 Å². The lowest BCUT2D eigenvalue weighted by Gasteiger charge is -2.05. The molecule has 0 bridgehead atoms. The Balaban J connectivity index is 1.89. The van der Waals surface area contributed by atoms with Gasteiger partial charge in [0.05, 0.1) is 6.07 Å². The molecule has 2 rings (SSSR count). The highest BCUT2D eigenvalue weighted by Crippen LogP contribution is 2.29. The second kappa shape index (κ2) is 4.28. The zero-order valence-electron chi connectivity index (χ0n) is 8.37. The van der Waals surface area contributed by atoms with E-state index in [0.29, 0.717) is 6.42 Å². The average Bonchev–Trinajstić information content (AvgIpc) is 2.60. The zero-order valence-corrected chi connectivity index (χ0v) is 8.37. The fraction of sp³-hybridized carbons (Fsp3) is 0.462. The highest BCUT2D eigenvalue weighted by Gasteiger charge is 2.19. The number of nitrogens with zero attached hydrogens (tertiary/aromatic N) is 1. The highest BCUT2D eigenvalue weighted by atomic mass is 14.3. The van der Waals surface area contributed by atoms with Crippen molar-refractivity contribution in [3.8, 4) is 6.07 Å². The van der Waals surface area contributed by atoms with Gasteiger partial charge in [-0.15, -0.1) is 0 Å². The van der Waals surface area contributed by atoms with Gasteiger partial charge in [0.1, 0.15) is 0 Å².